The molecule has 1 fully saturated rings. The molecule has 1 unspecified atom stereocenters. The molecule has 0 radical (unpaired) electrons. The van der Waals surface area contributed by atoms with Crippen molar-refractivity contribution < 1.29 is 9.53 Å². The van der Waals surface area contributed by atoms with Gasteiger partial charge < -0.3 is 4.74 Å². The van der Waals surface area contributed by atoms with Crippen molar-refractivity contribution in [3.05, 3.63) is 57.5 Å². The van der Waals surface area contributed by atoms with Crippen molar-refractivity contribution in [2.75, 3.05) is 18.1 Å². The van der Waals surface area contributed by atoms with Gasteiger partial charge in [0.2, 0.25) is 0 Å². The molecule has 2 heterocycles. The fourth-order valence-electron chi connectivity index (χ4n) is 3.04. The number of fused-ring (bicyclic) bond motifs is 1. The minimum atomic E-state index is -0.0943. The Kier molecular flexibility index (Phi) is 5.27. The number of anilines is 1. The predicted molar refractivity (Wildman–Crippen MR) is 109 cm³/mol. The second-order valence-corrected chi connectivity index (χ2v) is 8.38. The molecule has 26 heavy (non-hydrogen) atoms. The average Bonchev–Trinajstić information content (AvgIpc) is 3.29. The Morgan fingerprint density at radius 1 is 1.31 bits per heavy atom. The van der Waals surface area contributed by atoms with Gasteiger partial charge in [0.05, 0.1) is 27.9 Å². The standard InChI is InChI=1S/C19H16BrClN2O2S/c20-14-7-2-1-6-13(14)18(24)23(11-12-5-4-10-25-12)19-22-17-15(21)8-3-9-16(17)26-19/h1-3,6-9,12H,4-5,10-11H2. The van der Waals surface area contributed by atoms with Crippen molar-refractivity contribution in [2.24, 2.45) is 0 Å². The van der Waals surface area contributed by atoms with Crippen molar-refractivity contribution in [1.29, 1.82) is 0 Å². The van der Waals surface area contributed by atoms with Gasteiger partial charge in [-0.25, -0.2) is 4.98 Å². The van der Waals surface area contributed by atoms with E-state index in [-0.39, 0.29) is 12.0 Å². The molecule has 0 aliphatic carbocycles. The maximum absolute atomic E-state index is 13.3. The molecule has 1 amide bonds. The molecular formula is C19H16BrClN2O2S. The zero-order valence-corrected chi connectivity index (χ0v) is 17.0. The van der Waals surface area contributed by atoms with E-state index >= 15 is 0 Å². The van der Waals surface area contributed by atoms with Crippen LogP contribution in [0, 0.1) is 0 Å². The van der Waals surface area contributed by atoms with E-state index in [1.165, 1.54) is 11.3 Å². The fraction of sp³-hybridized carbons (Fsp3) is 0.263. The molecule has 2 aromatic carbocycles. The van der Waals surface area contributed by atoms with Gasteiger partial charge in [-0.2, -0.15) is 0 Å². The summed E-state index contributed by atoms with van der Waals surface area (Å²) in [6.45, 7) is 1.23. The summed E-state index contributed by atoms with van der Waals surface area (Å²) in [5.74, 6) is -0.0943. The molecular weight excluding hydrogens is 436 g/mol. The van der Waals surface area contributed by atoms with E-state index in [0.717, 1.165) is 34.1 Å². The Labute approximate surface area is 168 Å². The second kappa shape index (κ2) is 7.64. The maximum atomic E-state index is 13.3. The van der Waals surface area contributed by atoms with Crippen LogP contribution in [0.5, 0.6) is 0 Å². The van der Waals surface area contributed by atoms with Crippen molar-refractivity contribution in [3.8, 4) is 0 Å². The van der Waals surface area contributed by atoms with Gasteiger partial charge in [0.1, 0.15) is 5.52 Å². The highest BCUT2D eigenvalue weighted by molar-refractivity contribution is 9.10. The number of ether oxygens (including phenoxy) is 1. The van der Waals surface area contributed by atoms with Crippen LogP contribution in [-0.2, 0) is 4.74 Å². The van der Waals surface area contributed by atoms with Crippen LogP contribution in [0.2, 0.25) is 5.02 Å². The third-order valence-corrected chi connectivity index (χ3v) is 6.39. The number of carbonyl (C=O) groups is 1. The SMILES string of the molecule is O=C(c1ccccc1Br)N(CC1CCCO1)c1nc2c(Cl)cccc2s1. The number of hydrogen-bond acceptors (Lipinski definition) is 4. The largest absolute Gasteiger partial charge is 0.376 e. The first kappa shape index (κ1) is 17.9. The van der Waals surface area contributed by atoms with Crippen LogP contribution in [0.3, 0.4) is 0 Å². The Balaban J connectivity index is 1.75. The number of aromatic nitrogens is 1. The molecule has 1 saturated heterocycles. The molecule has 134 valence electrons. The number of benzene rings is 2. The second-order valence-electron chi connectivity index (χ2n) is 6.11. The third kappa shape index (κ3) is 3.51. The van der Waals surface area contributed by atoms with E-state index in [4.69, 9.17) is 16.3 Å². The minimum absolute atomic E-state index is 0.0314. The number of halogens is 2. The van der Waals surface area contributed by atoms with Gasteiger partial charge >= 0.3 is 0 Å². The van der Waals surface area contributed by atoms with E-state index in [0.29, 0.717) is 22.3 Å². The summed E-state index contributed by atoms with van der Waals surface area (Å²) >= 11 is 11.2. The molecule has 4 rings (SSSR count). The molecule has 4 nitrogen and oxygen atoms in total. The van der Waals surface area contributed by atoms with Gasteiger partial charge in [-0.1, -0.05) is 41.1 Å². The van der Waals surface area contributed by atoms with Crippen LogP contribution in [0.15, 0.2) is 46.9 Å². The number of nitrogens with zero attached hydrogens (tertiary/aromatic N) is 2. The summed E-state index contributed by atoms with van der Waals surface area (Å²) < 4.78 is 7.49. The third-order valence-electron chi connectivity index (χ3n) is 4.35. The molecule has 3 aromatic rings. The van der Waals surface area contributed by atoms with E-state index in [9.17, 15) is 4.79 Å². The summed E-state index contributed by atoms with van der Waals surface area (Å²) in [5.41, 5.74) is 1.34. The Bertz CT molecular complexity index is 956. The summed E-state index contributed by atoms with van der Waals surface area (Å²) in [6, 6.07) is 13.1. The van der Waals surface area contributed by atoms with Crippen molar-refractivity contribution in [1.82, 2.24) is 4.98 Å². The van der Waals surface area contributed by atoms with Crippen LogP contribution >= 0.6 is 38.9 Å². The number of carbonyl (C=O) groups excluding carboxylic acids is 1. The maximum Gasteiger partial charge on any atom is 0.261 e. The van der Waals surface area contributed by atoms with Crippen molar-refractivity contribution >= 4 is 60.1 Å². The number of rotatable bonds is 4. The van der Waals surface area contributed by atoms with Crippen LogP contribution in [-0.4, -0.2) is 30.1 Å². The van der Waals surface area contributed by atoms with Gasteiger partial charge in [-0.3, -0.25) is 9.69 Å². The van der Waals surface area contributed by atoms with Gasteiger partial charge in [-0.15, -0.1) is 0 Å². The summed E-state index contributed by atoms with van der Waals surface area (Å²) in [6.07, 6.45) is 2.00. The Morgan fingerprint density at radius 2 is 2.15 bits per heavy atom. The molecule has 1 aliphatic heterocycles. The minimum Gasteiger partial charge on any atom is -0.376 e. The Hall–Kier alpha value is -1.47. The highest BCUT2D eigenvalue weighted by atomic mass is 79.9. The Morgan fingerprint density at radius 3 is 2.88 bits per heavy atom. The predicted octanol–water partition coefficient (Wildman–Crippen LogP) is 5.54. The number of hydrogen-bond donors (Lipinski definition) is 0. The monoisotopic (exact) mass is 450 g/mol. The smallest absolute Gasteiger partial charge is 0.261 e. The van der Waals surface area contributed by atoms with E-state index in [1.54, 1.807) is 4.90 Å². The molecule has 7 heteroatoms. The summed E-state index contributed by atoms with van der Waals surface area (Å²) in [7, 11) is 0. The lowest BCUT2D eigenvalue weighted by Gasteiger charge is -2.23. The average molecular weight is 452 g/mol. The van der Waals surface area contributed by atoms with Crippen LogP contribution in [0.4, 0.5) is 5.13 Å². The molecule has 0 saturated carbocycles. The number of para-hydroxylation sites is 1. The highest BCUT2D eigenvalue weighted by Gasteiger charge is 2.28. The lowest BCUT2D eigenvalue weighted by atomic mass is 10.2. The van der Waals surface area contributed by atoms with Crippen LogP contribution in [0.1, 0.15) is 23.2 Å². The van der Waals surface area contributed by atoms with E-state index in [2.05, 4.69) is 20.9 Å². The van der Waals surface area contributed by atoms with Crippen LogP contribution in [0.25, 0.3) is 10.2 Å². The lowest BCUT2D eigenvalue weighted by molar-refractivity contribution is 0.0917. The number of amides is 1. The van der Waals surface area contributed by atoms with Crippen molar-refractivity contribution in [3.63, 3.8) is 0 Å². The van der Waals surface area contributed by atoms with Gasteiger partial charge in [0, 0.05) is 11.1 Å². The first-order chi connectivity index (χ1) is 12.6. The van der Waals surface area contributed by atoms with Crippen molar-refractivity contribution in [2.45, 2.75) is 18.9 Å². The normalized spacial score (nSPS) is 16.9. The molecule has 1 aliphatic rings. The molecule has 1 atom stereocenters. The fourth-order valence-corrected chi connectivity index (χ4v) is 4.77. The van der Waals surface area contributed by atoms with E-state index < -0.39 is 0 Å². The van der Waals surface area contributed by atoms with Gasteiger partial charge in [-0.05, 0) is 53.0 Å². The molecule has 1 aromatic heterocycles. The first-order valence-electron chi connectivity index (χ1n) is 8.36. The molecule has 0 spiro atoms. The lowest BCUT2D eigenvalue weighted by Crippen LogP contribution is -2.37. The van der Waals surface area contributed by atoms with E-state index in [1.807, 2.05) is 42.5 Å². The molecule has 0 bridgehead atoms. The number of thiazole rings is 1. The topological polar surface area (TPSA) is 42.4 Å². The molecule has 0 N–H and O–H groups in total. The zero-order valence-electron chi connectivity index (χ0n) is 13.8. The first-order valence-corrected chi connectivity index (χ1v) is 10.4. The summed E-state index contributed by atoms with van der Waals surface area (Å²) in [5, 5.41) is 1.24. The summed E-state index contributed by atoms with van der Waals surface area (Å²) in [4.78, 5) is 19.7. The van der Waals surface area contributed by atoms with Gasteiger partial charge in [0.25, 0.3) is 5.91 Å². The zero-order chi connectivity index (χ0) is 18.1. The quantitative estimate of drug-likeness (QED) is 0.523. The highest BCUT2D eigenvalue weighted by Crippen LogP contribution is 2.34. The van der Waals surface area contributed by atoms with Gasteiger partial charge in [0.15, 0.2) is 5.13 Å². The van der Waals surface area contributed by atoms with Crippen LogP contribution < -0.4 is 4.90 Å².